The van der Waals surface area contributed by atoms with Crippen molar-refractivity contribution < 1.29 is 14.3 Å². The highest BCUT2D eigenvalue weighted by atomic mass is 32.2. The van der Waals surface area contributed by atoms with Gasteiger partial charge >= 0.3 is 6.09 Å². The first-order valence-corrected chi connectivity index (χ1v) is 12.5. The highest BCUT2D eigenvalue weighted by Gasteiger charge is 2.18. The Labute approximate surface area is 196 Å². The van der Waals surface area contributed by atoms with Crippen LogP contribution in [-0.2, 0) is 15.3 Å². The molecular formula is C21H19N5O3S3. The summed E-state index contributed by atoms with van der Waals surface area (Å²) >= 11 is 4.44. The molecule has 0 aliphatic rings. The molecule has 0 fully saturated rings. The lowest BCUT2D eigenvalue weighted by atomic mass is 10.3. The minimum absolute atomic E-state index is 0.00872. The maximum absolute atomic E-state index is 12.1. The summed E-state index contributed by atoms with van der Waals surface area (Å²) in [4.78, 5) is 28.1. The molecule has 0 saturated carbocycles. The topological polar surface area (TPSA) is 99.0 Å². The summed E-state index contributed by atoms with van der Waals surface area (Å²) in [5.74, 6) is 0.863. The zero-order chi connectivity index (χ0) is 22.3. The van der Waals surface area contributed by atoms with Gasteiger partial charge in [0.15, 0.2) is 9.50 Å². The first kappa shape index (κ1) is 22.3. The first-order valence-electron chi connectivity index (χ1n) is 9.71. The number of nitrogens with one attached hydrogen (secondary N) is 1. The fourth-order valence-corrected chi connectivity index (χ4v) is 5.56. The molecule has 2 aromatic carbocycles. The van der Waals surface area contributed by atoms with Crippen molar-refractivity contribution in [2.24, 2.45) is 0 Å². The van der Waals surface area contributed by atoms with Gasteiger partial charge in [0.1, 0.15) is 5.82 Å². The van der Waals surface area contributed by atoms with Crippen LogP contribution in [0.1, 0.15) is 12.7 Å². The van der Waals surface area contributed by atoms with Gasteiger partial charge < -0.3 is 4.74 Å². The van der Waals surface area contributed by atoms with Crippen molar-refractivity contribution in [1.82, 2.24) is 25.1 Å². The van der Waals surface area contributed by atoms with E-state index in [1.54, 1.807) is 30.0 Å². The smallest absolute Gasteiger partial charge is 0.413 e. The van der Waals surface area contributed by atoms with E-state index in [1.165, 1.54) is 11.8 Å². The van der Waals surface area contributed by atoms with Gasteiger partial charge in [-0.3, -0.25) is 14.7 Å². The molecular weight excluding hydrogens is 466 g/mol. The number of carbonyl (C=O) groups is 2. The summed E-state index contributed by atoms with van der Waals surface area (Å²) in [6, 6.07) is 17.7. The molecule has 4 rings (SSSR count). The monoisotopic (exact) mass is 485 g/mol. The molecule has 2 heterocycles. The average Bonchev–Trinajstić information content (AvgIpc) is 3.40. The molecule has 8 nitrogen and oxygen atoms in total. The van der Waals surface area contributed by atoms with Gasteiger partial charge in [-0.1, -0.05) is 53.9 Å². The third-order valence-electron chi connectivity index (χ3n) is 4.16. The Kier molecular flexibility index (Phi) is 7.40. The first-order chi connectivity index (χ1) is 15.6. The predicted molar refractivity (Wildman–Crippen MR) is 126 cm³/mol. The van der Waals surface area contributed by atoms with Crippen LogP contribution in [0, 0.1) is 0 Å². The molecule has 0 atom stereocenters. The van der Waals surface area contributed by atoms with Crippen LogP contribution in [-0.4, -0.2) is 44.1 Å². The number of para-hydroxylation sites is 2. The number of nitrogens with zero attached hydrogens (tertiary/aromatic N) is 4. The lowest BCUT2D eigenvalue weighted by Crippen LogP contribution is -2.32. The number of ether oxygens (including phenoxy) is 1. The number of thiazole rings is 1. The molecule has 0 unspecified atom stereocenters. The highest BCUT2D eigenvalue weighted by molar-refractivity contribution is 8.00. The number of benzene rings is 2. The number of hydrogen-bond acceptors (Lipinski definition) is 9. The van der Waals surface area contributed by atoms with Crippen LogP contribution in [0.2, 0.25) is 0 Å². The molecule has 0 aliphatic heterocycles. The normalized spacial score (nSPS) is 10.9. The van der Waals surface area contributed by atoms with E-state index in [0.29, 0.717) is 10.9 Å². The van der Waals surface area contributed by atoms with E-state index in [2.05, 4.69) is 26.6 Å². The van der Waals surface area contributed by atoms with Crippen LogP contribution < -0.4 is 5.32 Å². The van der Waals surface area contributed by atoms with Crippen molar-refractivity contribution in [2.75, 3.05) is 12.4 Å². The van der Waals surface area contributed by atoms with E-state index < -0.39 is 12.0 Å². The van der Waals surface area contributed by atoms with Gasteiger partial charge in [0.2, 0.25) is 5.91 Å². The van der Waals surface area contributed by atoms with E-state index in [9.17, 15) is 9.59 Å². The number of amides is 2. The van der Waals surface area contributed by atoms with Gasteiger partial charge in [-0.15, -0.1) is 21.5 Å². The van der Waals surface area contributed by atoms with Gasteiger partial charge in [0.25, 0.3) is 0 Å². The highest BCUT2D eigenvalue weighted by Crippen LogP contribution is 2.32. The number of alkyl carbamates (subject to hydrolysis) is 1. The second kappa shape index (κ2) is 10.6. The lowest BCUT2D eigenvalue weighted by molar-refractivity contribution is -0.117. The molecule has 4 aromatic rings. The second-order valence-electron chi connectivity index (χ2n) is 6.36. The Bertz CT molecular complexity index is 1190. The average molecular weight is 486 g/mol. The van der Waals surface area contributed by atoms with Crippen LogP contribution in [0.25, 0.3) is 15.9 Å². The van der Waals surface area contributed by atoms with Gasteiger partial charge in [-0.25, -0.2) is 9.78 Å². The van der Waals surface area contributed by atoms with Gasteiger partial charge in [0.05, 0.1) is 28.3 Å². The van der Waals surface area contributed by atoms with Gasteiger partial charge in [0, 0.05) is 5.69 Å². The summed E-state index contributed by atoms with van der Waals surface area (Å²) in [5, 5.41) is 11.4. The number of fused-ring (bicyclic) bond motifs is 1. The minimum Gasteiger partial charge on any atom is -0.450 e. The number of carbonyl (C=O) groups excluding carboxylic acids is 2. The van der Waals surface area contributed by atoms with Crippen molar-refractivity contribution in [2.45, 2.75) is 22.2 Å². The van der Waals surface area contributed by atoms with E-state index >= 15 is 0 Å². The van der Waals surface area contributed by atoms with Crippen molar-refractivity contribution >= 4 is 57.1 Å². The maximum Gasteiger partial charge on any atom is 0.413 e. The zero-order valence-corrected chi connectivity index (χ0v) is 19.5. The largest absolute Gasteiger partial charge is 0.450 e. The van der Waals surface area contributed by atoms with Crippen LogP contribution in [0.15, 0.2) is 64.1 Å². The second-order valence-corrected chi connectivity index (χ2v) is 9.56. The molecule has 164 valence electrons. The molecule has 1 N–H and O–H groups in total. The molecule has 2 amide bonds. The quantitative estimate of drug-likeness (QED) is 0.363. The van der Waals surface area contributed by atoms with Crippen LogP contribution in [0.4, 0.5) is 4.79 Å². The standard InChI is InChI=1S/C21H19N5O3S3/c1-2-29-20(28)23-18(27)13-30-19-25-24-17(26(19)14-8-4-3-5-9-14)12-31-21-22-15-10-6-7-11-16(15)32-21/h3-11H,2,12-13H2,1H3,(H,23,27,28). The number of imide groups is 1. The molecule has 2 aromatic heterocycles. The summed E-state index contributed by atoms with van der Waals surface area (Å²) in [6.45, 7) is 1.87. The van der Waals surface area contributed by atoms with Gasteiger partial charge in [-0.2, -0.15) is 0 Å². The van der Waals surface area contributed by atoms with E-state index in [0.717, 1.165) is 26.1 Å². The van der Waals surface area contributed by atoms with E-state index in [-0.39, 0.29) is 12.4 Å². The van der Waals surface area contributed by atoms with Crippen LogP contribution in [0.3, 0.4) is 0 Å². The van der Waals surface area contributed by atoms with Gasteiger partial charge in [-0.05, 0) is 31.2 Å². The number of aromatic nitrogens is 4. The Morgan fingerprint density at radius 2 is 1.84 bits per heavy atom. The molecule has 0 radical (unpaired) electrons. The fourth-order valence-electron chi connectivity index (χ4n) is 2.81. The predicted octanol–water partition coefficient (Wildman–Crippen LogP) is 4.53. The van der Waals surface area contributed by atoms with Crippen LogP contribution in [0.5, 0.6) is 0 Å². The van der Waals surface area contributed by atoms with Crippen molar-refractivity contribution in [3.8, 4) is 5.69 Å². The van der Waals surface area contributed by atoms with Crippen molar-refractivity contribution in [1.29, 1.82) is 0 Å². The Balaban J connectivity index is 1.50. The van der Waals surface area contributed by atoms with Crippen molar-refractivity contribution in [3.05, 3.63) is 60.4 Å². The molecule has 0 spiro atoms. The molecule has 11 heteroatoms. The zero-order valence-electron chi connectivity index (χ0n) is 17.1. The Morgan fingerprint density at radius 3 is 2.62 bits per heavy atom. The third kappa shape index (κ3) is 5.47. The summed E-state index contributed by atoms with van der Waals surface area (Å²) < 4.78 is 8.75. The number of hydrogen-bond donors (Lipinski definition) is 1. The van der Waals surface area contributed by atoms with Crippen molar-refractivity contribution in [3.63, 3.8) is 0 Å². The Morgan fingerprint density at radius 1 is 1.06 bits per heavy atom. The molecule has 0 saturated heterocycles. The molecule has 32 heavy (non-hydrogen) atoms. The minimum atomic E-state index is -0.754. The number of rotatable bonds is 8. The fraction of sp³-hybridized carbons (Fsp3) is 0.190. The number of thioether (sulfide) groups is 2. The summed E-state index contributed by atoms with van der Waals surface area (Å²) in [5.41, 5.74) is 1.87. The van der Waals surface area contributed by atoms with E-state index in [1.807, 2.05) is 53.1 Å². The SMILES string of the molecule is CCOC(=O)NC(=O)CSc1nnc(CSc2nc3ccccc3s2)n1-c1ccccc1. The molecule has 0 bridgehead atoms. The summed E-state index contributed by atoms with van der Waals surface area (Å²) in [6.07, 6.45) is -0.754. The lowest BCUT2D eigenvalue weighted by Gasteiger charge is -2.09. The maximum atomic E-state index is 12.1. The molecule has 0 aliphatic carbocycles. The Hall–Kier alpha value is -2.89. The van der Waals surface area contributed by atoms with Crippen LogP contribution >= 0.6 is 34.9 Å². The van der Waals surface area contributed by atoms with E-state index in [4.69, 9.17) is 4.74 Å². The summed E-state index contributed by atoms with van der Waals surface area (Å²) in [7, 11) is 0. The third-order valence-corrected chi connectivity index (χ3v) is 7.27.